The van der Waals surface area contributed by atoms with Crippen LogP contribution in [0.4, 0.5) is 5.82 Å². The lowest BCUT2D eigenvalue weighted by Gasteiger charge is -2.32. The van der Waals surface area contributed by atoms with Gasteiger partial charge in [-0.05, 0) is 38.0 Å². The van der Waals surface area contributed by atoms with E-state index in [9.17, 15) is 9.59 Å². The number of aryl methyl sites for hydroxylation is 1. The van der Waals surface area contributed by atoms with Crippen molar-refractivity contribution in [2.75, 3.05) is 18.4 Å². The number of hydrogen-bond donors (Lipinski definition) is 1. The number of carbonyl (C=O) groups is 2. The lowest BCUT2D eigenvalue weighted by Crippen LogP contribution is -2.43. The molecule has 2 amide bonds. The van der Waals surface area contributed by atoms with Crippen LogP contribution in [0.25, 0.3) is 0 Å². The molecule has 0 spiro atoms. The molecule has 3 heterocycles. The summed E-state index contributed by atoms with van der Waals surface area (Å²) in [5.74, 6) is -0.0432. The van der Waals surface area contributed by atoms with Crippen LogP contribution >= 0.6 is 34.5 Å². The van der Waals surface area contributed by atoms with Gasteiger partial charge in [-0.15, -0.1) is 11.3 Å². The Morgan fingerprint density at radius 3 is 2.84 bits per heavy atom. The molecule has 25 heavy (non-hydrogen) atoms. The second kappa shape index (κ2) is 7.72. The number of pyridine rings is 1. The molecule has 8 heteroatoms. The SMILES string of the molecule is Cc1cccc(NC(=O)C2CCCN(C(=O)c3cc(Cl)sc3Cl)C2)n1. The van der Waals surface area contributed by atoms with Gasteiger partial charge < -0.3 is 10.2 Å². The molecule has 3 rings (SSSR count). The Labute approximate surface area is 160 Å². The van der Waals surface area contributed by atoms with Crippen LogP contribution in [0.15, 0.2) is 24.3 Å². The quantitative estimate of drug-likeness (QED) is 0.841. The van der Waals surface area contributed by atoms with Crippen LogP contribution in [0.1, 0.15) is 28.9 Å². The predicted molar refractivity (Wildman–Crippen MR) is 101 cm³/mol. The van der Waals surface area contributed by atoms with E-state index in [-0.39, 0.29) is 17.7 Å². The van der Waals surface area contributed by atoms with Gasteiger partial charge in [0, 0.05) is 18.8 Å². The summed E-state index contributed by atoms with van der Waals surface area (Å²) < 4.78 is 0.857. The lowest BCUT2D eigenvalue weighted by molar-refractivity contribution is -0.121. The number of likely N-dealkylation sites (tertiary alicyclic amines) is 1. The molecule has 1 fully saturated rings. The van der Waals surface area contributed by atoms with Gasteiger partial charge in [0.25, 0.3) is 5.91 Å². The third-order valence-electron chi connectivity index (χ3n) is 4.11. The maximum Gasteiger partial charge on any atom is 0.256 e. The molecule has 0 aliphatic carbocycles. The topological polar surface area (TPSA) is 62.3 Å². The van der Waals surface area contributed by atoms with Crippen LogP contribution in [0.5, 0.6) is 0 Å². The number of amides is 2. The van der Waals surface area contributed by atoms with Crippen molar-refractivity contribution in [3.8, 4) is 0 Å². The van der Waals surface area contributed by atoms with Crippen molar-refractivity contribution in [1.82, 2.24) is 9.88 Å². The third kappa shape index (κ3) is 4.32. The first-order chi connectivity index (χ1) is 11.9. The number of hydrogen-bond acceptors (Lipinski definition) is 4. The van der Waals surface area contributed by atoms with Gasteiger partial charge in [0.05, 0.1) is 15.8 Å². The van der Waals surface area contributed by atoms with E-state index in [4.69, 9.17) is 23.2 Å². The van der Waals surface area contributed by atoms with Crippen LogP contribution in [0.3, 0.4) is 0 Å². The predicted octanol–water partition coefficient (Wildman–Crippen LogP) is 4.25. The largest absolute Gasteiger partial charge is 0.338 e. The Hall–Kier alpha value is -1.63. The summed E-state index contributed by atoms with van der Waals surface area (Å²) in [6, 6.07) is 7.05. The summed E-state index contributed by atoms with van der Waals surface area (Å²) in [5.41, 5.74) is 1.24. The molecular weight excluding hydrogens is 381 g/mol. The standard InChI is InChI=1S/C17H17Cl2N3O2S/c1-10-4-2-6-14(20-10)21-16(23)11-5-3-7-22(9-11)17(24)12-8-13(18)25-15(12)19/h2,4,6,8,11H,3,5,7,9H2,1H3,(H,20,21,23). The average Bonchev–Trinajstić information content (AvgIpc) is 2.92. The van der Waals surface area contributed by atoms with Crippen molar-refractivity contribution >= 4 is 52.2 Å². The minimum atomic E-state index is -0.270. The summed E-state index contributed by atoms with van der Waals surface area (Å²) >= 11 is 13.2. The van der Waals surface area contributed by atoms with Crippen molar-refractivity contribution in [2.45, 2.75) is 19.8 Å². The van der Waals surface area contributed by atoms with Gasteiger partial charge in [-0.25, -0.2) is 4.98 Å². The fourth-order valence-corrected chi connectivity index (χ4v) is 4.32. The Bertz CT molecular complexity index is 809. The fraction of sp³-hybridized carbons (Fsp3) is 0.353. The molecular formula is C17H17Cl2N3O2S. The zero-order valence-electron chi connectivity index (χ0n) is 13.6. The van der Waals surface area contributed by atoms with E-state index in [1.165, 1.54) is 11.3 Å². The van der Waals surface area contributed by atoms with Gasteiger partial charge in [-0.3, -0.25) is 9.59 Å². The zero-order valence-corrected chi connectivity index (χ0v) is 15.9. The normalized spacial score (nSPS) is 17.4. The summed E-state index contributed by atoms with van der Waals surface area (Å²) in [5, 5.41) is 2.83. The van der Waals surface area contributed by atoms with Gasteiger partial charge >= 0.3 is 0 Å². The van der Waals surface area contributed by atoms with Crippen molar-refractivity contribution in [2.24, 2.45) is 5.92 Å². The summed E-state index contributed by atoms with van der Waals surface area (Å²) in [4.78, 5) is 31.1. The smallest absolute Gasteiger partial charge is 0.256 e. The number of nitrogens with zero attached hydrogens (tertiary/aromatic N) is 2. The fourth-order valence-electron chi connectivity index (χ4n) is 2.87. The Balaban J connectivity index is 1.67. The first-order valence-corrected chi connectivity index (χ1v) is 9.50. The highest BCUT2D eigenvalue weighted by atomic mass is 35.5. The summed E-state index contributed by atoms with van der Waals surface area (Å²) in [7, 11) is 0. The van der Waals surface area contributed by atoms with Crippen LogP contribution in [0, 0.1) is 12.8 Å². The molecule has 132 valence electrons. The molecule has 1 aliphatic rings. The minimum absolute atomic E-state index is 0.120. The molecule has 0 saturated carbocycles. The summed E-state index contributed by atoms with van der Waals surface area (Å²) in [6.07, 6.45) is 1.50. The van der Waals surface area contributed by atoms with Gasteiger partial charge in [-0.1, -0.05) is 29.3 Å². The van der Waals surface area contributed by atoms with E-state index in [0.717, 1.165) is 18.5 Å². The Morgan fingerprint density at radius 1 is 1.36 bits per heavy atom. The number of nitrogens with one attached hydrogen (secondary N) is 1. The highest BCUT2D eigenvalue weighted by Gasteiger charge is 2.30. The van der Waals surface area contributed by atoms with Gasteiger partial charge in [-0.2, -0.15) is 0 Å². The van der Waals surface area contributed by atoms with Crippen LogP contribution in [-0.2, 0) is 4.79 Å². The van der Waals surface area contributed by atoms with Crippen LogP contribution in [0.2, 0.25) is 8.67 Å². The number of rotatable bonds is 3. The van der Waals surface area contributed by atoms with Crippen molar-refractivity contribution in [1.29, 1.82) is 0 Å². The second-order valence-corrected chi connectivity index (χ2v) is 8.27. The lowest BCUT2D eigenvalue weighted by atomic mass is 9.96. The number of anilines is 1. The van der Waals surface area contributed by atoms with Crippen molar-refractivity contribution in [3.05, 3.63) is 44.2 Å². The van der Waals surface area contributed by atoms with E-state index < -0.39 is 0 Å². The number of halogens is 2. The second-order valence-electron chi connectivity index (χ2n) is 5.98. The van der Waals surface area contributed by atoms with Crippen molar-refractivity contribution < 1.29 is 9.59 Å². The van der Waals surface area contributed by atoms with Crippen LogP contribution in [-0.4, -0.2) is 34.8 Å². The maximum atomic E-state index is 12.7. The molecule has 2 aromatic heterocycles. The first kappa shape index (κ1) is 18.2. The van der Waals surface area contributed by atoms with E-state index in [1.807, 2.05) is 19.1 Å². The van der Waals surface area contributed by atoms with E-state index in [1.54, 1.807) is 17.0 Å². The van der Waals surface area contributed by atoms with Crippen LogP contribution < -0.4 is 5.32 Å². The Morgan fingerprint density at radius 2 is 2.16 bits per heavy atom. The molecule has 1 atom stereocenters. The van der Waals surface area contributed by atoms with Crippen molar-refractivity contribution in [3.63, 3.8) is 0 Å². The Kier molecular flexibility index (Phi) is 5.61. The monoisotopic (exact) mass is 397 g/mol. The van der Waals surface area contributed by atoms with Gasteiger partial charge in [0.15, 0.2) is 0 Å². The molecule has 1 N–H and O–H groups in total. The zero-order chi connectivity index (χ0) is 18.0. The number of piperidine rings is 1. The van der Waals surface area contributed by atoms with E-state index >= 15 is 0 Å². The minimum Gasteiger partial charge on any atom is -0.338 e. The molecule has 2 aromatic rings. The van der Waals surface area contributed by atoms with E-state index in [0.29, 0.717) is 33.1 Å². The molecule has 1 unspecified atom stereocenters. The average molecular weight is 398 g/mol. The third-order valence-corrected chi connectivity index (χ3v) is 5.59. The molecule has 1 saturated heterocycles. The number of aromatic nitrogens is 1. The van der Waals surface area contributed by atoms with Gasteiger partial charge in [0.2, 0.25) is 5.91 Å². The molecule has 0 aromatic carbocycles. The molecule has 0 radical (unpaired) electrons. The van der Waals surface area contributed by atoms with Gasteiger partial charge in [0.1, 0.15) is 10.2 Å². The molecule has 1 aliphatic heterocycles. The molecule has 5 nitrogen and oxygen atoms in total. The van der Waals surface area contributed by atoms with E-state index in [2.05, 4.69) is 10.3 Å². The highest BCUT2D eigenvalue weighted by molar-refractivity contribution is 7.20. The number of thiophene rings is 1. The number of carbonyl (C=O) groups excluding carboxylic acids is 2. The highest BCUT2D eigenvalue weighted by Crippen LogP contribution is 2.32. The maximum absolute atomic E-state index is 12.7. The first-order valence-electron chi connectivity index (χ1n) is 7.92. The molecule has 0 bridgehead atoms. The summed E-state index contributed by atoms with van der Waals surface area (Å²) in [6.45, 7) is 2.84.